The molecule has 9 heteroatoms. The molecule has 1 aromatic rings. The largest absolute Gasteiger partial charge is 0.394 e. The number of aliphatic hydroxyl groups excluding tert-OH is 1. The van der Waals surface area contributed by atoms with Gasteiger partial charge in [-0.3, -0.25) is 4.57 Å². The van der Waals surface area contributed by atoms with Gasteiger partial charge in [-0.1, -0.05) is 0 Å². The zero-order valence-corrected chi connectivity index (χ0v) is 11.5. The first-order valence-electron chi connectivity index (χ1n) is 6.48. The monoisotopic (exact) mass is 301 g/mol. The lowest BCUT2D eigenvalue weighted by Crippen LogP contribution is -2.35. The van der Waals surface area contributed by atoms with Gasteiger partial charge in [0.05, 0.1) is 12.8 Å². The lowest BCUT2D eigenvalue weighted by Gasteiger charge is -2.24. The maximum atomic E-state index is 13.6. The number of hydrogen-bond donors (Lipinski definition) is 2. The van der Waals surface area contributed by atoms with Gasteiger partial charge in [0.25, 0.3) is 0 Å². The molecule has 0 bridgehead atoms. The number of nitrogens with two attached hydrogens (primary N) is 1. The fraction of sp³-hybridized carbons (Fsp3) is 0.667. The number of nitrogens with zero attached hydrogens (tertiary/aromatic N) is 2. The van der Waals surface area contributed by atoms with Crippen LogP contribution in [0.25, 0.3) is 0 Å². The summed E-state index contributed by atoms with van der Waals surface area (Å²) in [6, 6.07) is 0. The van der Waals surface area contributed by atoms with E-state index in [4.69, 9.17) is 19.9 Å². The number of ether oxygens (including phenoxy) is 3. The van der Waals surface area contributed by atoms with Crippen LogP contribution in [0.1, 0.15) is 20.1 Å². The van der Waals surface area contributed by atoms with Crippen LogP contribution in [0, 0.1) is 5.82 Å². The average Bonchev–Trinajstić information content (AvgIpc) is 2.87. The number of aliphatic hydroxyl groups is 1. The number of halogens is 1. The zero-order valence-electron chi connectivity index (χ0n) is 11.5. The van der Waals surface area contributed by atoms with Gasteiger partial charge in [0.1, 0.15) is 18.3 Å². The van der Waals surface area contributed by atoms with Gasteiger partial charge < -0.3 is 25.1 Å². The SMILES string of the molecule is CC1(C)OC2C(O1)[C@@H](CO)O[C@H]2n1cc(F)c(N)nc1=O. The molecular formula is C12H16FN3O5. The van der Waals surface area contributed by atoms with Gasteiger partial charge in [-0.15, -0.1) is 0 Å². The average molecular weight is 301 g/mol. The second-order valence-electron chi connectivity index (χ2n) is 5.48. The van der Waals surface area contributed by atoms with Crippen LogP contribution in [0.3, 0.4) is 0 Å². The fourth-order valence-electron chi connectivity index (χ4n) is 2.67. The summed E-state index contributed by atoms with van der Waals surface area (Å²) in [6.07, 6.45) is -1.90. The molecule has 3 heterocycles. The summed E-state index contributed by atoms with van der Waals surface area (Å²) in [6.45, 7) is 3.11. The molecule has 2 saturated heterocycles. The van der Waals surface area contributed by atoms with Gasteiger partial charge >= 0.3 is 5.69 Å². The van der Waals surface area contributed by atoms with Gasteiger partial charge in [0, 0.05) is 0 Å². The Kier molecular flexibility index (Phi) is 3.24. The van der Waals surface area contributed by atoms with Crippen LogP contribution in [0.5, 0.6) is 0 Å². The highest BCUT2D eigenvalue weighted by atomic mass is 19.1. The summed E-state index contributed by atoms with van der Waals surface area (Å²) in [5.74, 6) is -2.19. The van der Waals surface area contributed by atoms with Gasteiger partial charge in [-0.25, -0.2) is 9.18 Å². The van der Waals surface area contributed by atoms with E-state index in [0.717, 1.165) is 10.8 Å². The molecule has 0 saturated carbocycles. The molecule has 3 N–H and O–H groups in total. The molecule has 1 aromatic heterocycles. The Morgan fingerprint density at radius 1 is 1.48 bits per heavy atom. The van der Waals surface area contributed by atoms with E-state index in [1.165, 1.54) is 0 Å². The summed E-state index contributed by atoms with van der Waals surface area (Å²) in [4.78, 5) is 15.3. The van der Waals surface area contributed by atoms with E-state index in [0.29, 0.717) is 0 Å². The molecule has 0 aromatic carbocycles. The molecule has 0 radical (unpaired) electrons. The predicted octanol–water partition coefficient (Wildman–Crippen LogP) is -0.626. The third kappa shape index (κ3) is 2.31. The van der Waals surface area contributed by atoms with Crippen LogP contribution in [0.2, 0.25) is 0 Å². The zero-order chi connectivity index (χ0) is 15.4. The molecule has 8 nitrogen and oxygen atoms in total. The number of aromatic nitrogens is 2. The summed E-state index contributed by atoms with van der Waals surface area (Å²) < 4.78 is 31.4. The first-order valence-corrected chi connectivity index (χ1v) is 6.48. The highest BCUT2D eigenvalue weighted by Crippen LogP contribution is 2.42. The van der Waals surface area contributed by atoms with Crippen molar-refractivity contribution >= 4 is 5.82 Å². The topological polar surface area (TPSA) is 109 Å². The maximum Gasteiger partial charge on any atom is 0.351 e. The molecular weight excluding hydrogens is 285 g/mol. The van der Waals surface area contributed by atoms with E-state index in [1.54, 1.807) is 13.8 Å². The van der Waals surface area contributed by atoms with Crippen molar-refractivity contribution in [1.29, 1.82) is 0 Å². The van der Waals surface area contributed by atoms with Gasteiger partial charge in [-0.2, -0.15) is 4.98 Å². The first-order chi connectivity index (χ1) is 9.82. The third-order valence-corrected chi connectivity index (χ3v) is 3.51. The lowest BCUT2D eigenvalue weighted by atomic mass is 10.1. The van der Waals surface area contributed by atoms with Crippen molar-refractivity contribution in [3.05, 3.63) is 22.5 Å². The van der Waals surface area contributed by atoms with Crippen LogP contribution in [0.4, 0.5) is 10.2 Å². The minimum absolute atomic E-state index is 0.309. The molecule has 2 unspecified atom stereocenters. The summed E-state index contributed by atoms with van der Waals surface area (Å²) in [5.41, 5.74) is 4.50. The Bertz CT molecular complexity index is 619. The van der Waals surface area contributed by atoms with E-state index in [2.05, 4.69) is 4.98 Å². The van der Waals surface area contributed by atoms with Crippen molar-refractivity contribution in [3.63, 3.8) is 0 Å². The molecule has 116 valence electrons. The lowest BCUT2D eigenvalue weighted by molar-refractivity contribution is -0.200. The number of fused-ring (bicyclic) bond motifs is 1. The van der Waals surface area contributed by atoms with Gasteiger partial charge in [0.2, 0.25) is 0 Å². The molecule has 3 rings (SSSR count). The highest BCUT2D eigenvalue weighted by Gasteiger charge is 2.55. The standard InChI is InChI=1S/C12H16FN3O5/c1-12(2)20-7-6(4-17)19-10(8(7)21-12)16-3-5(13)9(14)15-11(16)18/h3,6-8,10,17H,4H2,1-2H3,(H2,14,15,18)/t6-,7?,8?,10-/m1/s1. The second kappa shape index (κ2) is 4.73. The van der Waals surface area contributed by atoms with E-state index in [-0.39, 0.29) is 6.61 Å². The quantitative estimate of drug-likeness (QED) is 0.749. The predicted molar refractivity (Wildman–Crippen MR) is 67.7 cm³/mol. The summed E-state index contributed by atoms with van der Waals surface area (Å²) in [5, 5.41) is 9.36. The maximum absolute atomic E-state index is 13.6. The van der Waals surface area contributed by atoms with Gasteiger partial charge in [0.15, 0.2) is 23.7 Å². The molecule has 2 aliphatic rings. The first kappa shape index (κ1) is 14.4. The molecule has 0 aliphatic carbocycles. The van der Waals surface area contributed by atoms with Crippen molar-refractivity contribution in [3.8, 4) is 0 Å². The number of nitrogen functional groups attached to an aromatic ring is 1. The Balaban J connectivity index is 1.99. The third-order valence-electron chi connectivity index (χ3n) is 3.51. The van der Waals surface area contributed by atoms with Crippen molar-refractivity contribution < 1.29 is 23.7 Å². The van der Waals surface area contributed by atoms with E-state index in [9.17, 15) is 14.3 Å². The smallest absolute Gasteiger partial charge is 0.351 e. The molecule has 0 spiro atoms. The van der Waals surface area contributed by atoms with Crippen molar-refractivity contribution in [2.75, 3.05) is 12.3 Å². The highest BCUT2D eigenvalue weighted by molar-refractivity contribution is 5.26. The second-order valence-corrected chi connectivity index (χ2v) is 5.48. The Hall–Kier alpha value is -1.55. The number of anilines is 1. The Morgan fingerprint density at radius 3 is 2.81 bits per heavy atom. The van der Waals surface area contributed by atoms with E-state index < -0.39 is 47.7 Å². The van der Waals surface area contributed by atoms with E-state index in [1.807, 2.05) is 0 Å². The minimum Gasteiger partial charge on any atom is -0.394 e. The molecule has 0 amide bonds. The number of hydrogen-bond acceptors (Lipinski definition) is 7. The van der Waals surface area contributed by atoms with Crippen LogP contribution in [-0.2, 0) is 14.2 Å². The van der Waals surface area contributed by atoms with Crippen LogP contribution in [0.15, 0.2) is 11.0 Å². The normalized spacial score (nSPS) is 34.1. The van der Waals surface area contributed by atoms with Crippen molar-refractivity contribution in [2.45, 2.75) is 44.2 Å². The molecule has 4 atom stereocenters. The minimum atomic E-state index is -0.941. The summed E-state index contributed by atoms with van der Waals surface area (Å²) >= 11 is 0. The Labute approximate surface area is 119 Å². The van der Waals surface area contributed by atoms with Gasteiger partial charge in [-0.05, 0) is 13.8 Å². The van der Waals surface area contributed by atoms with E-state index >= 15 is 0 Å². The molecule has 21 heavy (non-hydrogen) atoms. The fourth-order valence-corrected chi connectivity index (χ4v) is 2.67. The van der Waals surface area contributed by atoms with Crippen LogP contribution < -0.4 is 11.4 Å². The van der Waals surface area contributed by atoms with Crippen molar-refractivity contribution in [2.24, 2.45) is 0 Å². The number of rotatable bonds is 2. The summed E-state index contributed by atoms with van der Waals surface area (Å²) in [7, 11) is 0. The van der Waals surface area contributed by atoms with Crippen LogP contribution >= 0.6 is 0 Å². The van der Waals surface area contributed by atoms with Crippen LogP contribution in [-0.4, -0.2) is 45.4 Å². The van der Waals surface area contributed by atoms with Crippen molar-refractivity contribution in [1.82, 2.24) is 9.55 Å². The molecule has 2 aliphatic heterocycles. The Morgan fingerprint density at radius 2 is 2.14 bits per heavy atom. The molecule has 2 fully saturated rings.